The van der Waals surface area contributed by atoms with Gasteiger partial charge < -0.3 is 19.1 Å². The quantitative estimate of drug-likeness (QED) is 0.218. The van der Waals surface area contributed by atoms with Crippen molar-refractivity contribution in [1.29, 1.82) is 0 Å². The zero-order chi connectivity index (χ0) is 26.9. The molecule has 196 valence electrons. The van der Waals surface area contributed by atoms with Gasteiger partial charge in [-0.05, 0) is 60.4 Å². The van der Waals surface area contributed by atoms with Gasteiger partial charge in [0.15, 0.2) is 6.73 Å². The van der Waals surface area contributed by atoms with Gasteiger partial charge in [0.05, 0.1) is 34.6 Å². The number of para-hydroxylation sites is 2. The van der Waals surface area contributed by atoms with E-state index in [0.29, 0.717) is 12.2 Å². The molecule has 39 heavy (non-hydrogen) atoms. The number of anilines is 2. The number of fused-ring (bicyclic) bond motifs is 2. The fourth-order valence-corrected chi connectivity index (χ4v) is 5.61. The molecule has 0 spiro atoms. The molecule has 0 saturated heterocycles. The van der Waals surface area contributed by atoms with Crippen LogP contribution in [0.2, 0.25) is 0 Å². The van der Waals surface area contributed by atoms with Crippen LogP contribution in [-0.4, -0.2) is 35.5 Å². The lowest BCUT2D eigenvalue weighted by molar-refractivity contribution is 0.0507. The van der Waals surface area contributed by atoms with Gasteiger partial charge in [-0.1, -0.05) is 67.6 Å². The summed E-state index contributed by atoms with van der Waals surface area (Å²) in [6.45, 7) is 6.11. The Hall–Kier alpha value is -4.58. The van der Waals surface area contributed by atoms with Crippen LogP contribution in [0.15, 0.2) is 91.0 Å². The number of imidazole rings is 1. The standard InChI is InChI=1S/C33H32N4O2/c1-4-18-36-21-37(22-39-33(38)27-15-9-8-14-26(27)24-12-6-5-7-13-24)30-20-25(19-23(2)31(30)36)32-34-28-16-10-11-17-29(28)35(32)3/h5-17,19-20H,4,18,21-22H2,1-3H3. The summed E-state index contributed by atoms with van der Waals surface area (Å²) in [4.78, 5) is 22.8. The molecular weight excluding hydrogens is 484 g/mol. The van der Waals surface area contributed by atoms with Crippen molar-refractivity contribution in [1.82, 2.24) is 9.55 Å². The van der Waals surface area contributed by atoms with E-state index in [4.69, 9.17) is 9.72 Å². The summed E-state index contributed by atoms with van der Waals surface area (Å²) in [6.07, 6.45) is 1.03. The average Bonchev–Trinajstić information content (AvgIpc) is 3.50. The van der Waals surface area contributed by atoms with Crippen molar-refractivity contribution in [2.75, 3.05) is 29.7 Å². The highest BCUT2D eigenvalue weighted by Crippen LogP contribution is 2.42. The molecule has 0 unspecified atom stereocenters. The number of carbonyl (C=O) groups is 1. The van der Waals surface area contributed by atoms with Gasteiger partial charge in [-0.15, -0.1) is 0 Å². The lowest BCUT2D eigenvalue weighted by Gasteiger charge is -2.21. The number of aryl methyl sites for hydroxylation is 2. The van der Waals surface area contributed by atoms with Gasteiger partial charge >= 0.3 is 5.97 Å². The van der Waals surface area contributed by atoms with Crippen molar-refractivity contribution < 1.29 is 9.53 Å². The van der Waals surface area contributed by atoms with Crippen molar-refractivity contribution in [2.45, 2.75) is 20.3 Å². The molecule has 0 amide bonds. The largest absolute Gasteiger partial charge is 0.441 e. The first kappa shape index (κ1) is 24.7. The predicted molar refractivity (Wildman–Crippen MR) is 158 cm³/mol. The maximum atomic E-state index is 13.3. The van der Waals surface area contributed by atoms with Gasteiger partial charge in [0.1, 0.15) is 5.82 Å². The fraction of sp³-hybridized carbons (Fsp3) is 0.212. The molecule has 2 heterocycles. The van der Waals surface area contributed by atoms with Crippen LogP contribution in [0.1, 0.15) is 29.3 Å². The second-order valence-electron chi connectivity index (χ2n) is 10.1. The smallest absolute Gasteiger partial charge is 0.340 e. The van der Waals surface area contributed by atoms with Gasteiger partial charge in [-0.2, -0.15) is 0 Å². The number of carbonyl (C=O) groups excluding carboxylic acids is 1. The number of rotatable bonds is 7. The van der Waals surface area contributed by atoms with E-state index in [1.54, 1.807) is 0 Å². The molecule has 0 fully saturated rings. The highest BCUT2D eigenvalue weighted by atomic mass is 16.5. The monoisotopic (exact) mass is 516 g/mol. The van der Waals surface area contributed by atoms with Crippen LogP contribution in [0.5, 0.6) is 0 Å². The van der Waals surface area contributed by atoms with Gasteiger partial charge in [0.2, 0.25) is 0 Å². The Balaban J connectivity index is 1.32. The Bertz CT molecular complexity index is 1660. The van der Waals surface area contributed by atoms with E-state index >= 15 is 0 Å². The second kappa shape index (κ2) is 10.3. The molecular formula is C33H32N4O2. The molecule has 0 N–H and O–H groups in total. The van der Waals surface area contributed by atoms with E-state index in [1.807, 2.05) is 72.8 Å². The van der Waals surface area contributed by atoms with E-state index in [0.717, 1.165) is 52.2 Å². The third kappa shape index (κ3) is 4.52. The molecule has 0 aliphatic carbocycles. The number of esters is 1. The van der Waals surface area contributed by atoms with E-state index in [-0.39, 0.29) is 12.7 Å². The SMILES string of the molecule is CCCN1CN(COC(=O)c2ccccc2-c2ccccc2)c2cc(-c3nc4ccccc4n3C)cc(C)c21. The molecule has 6 rings (SSSR count). The number of hydrogen-bond donors (Lipinski definition) is 0. The Morgan fingerprint density at radius 3 is 2.44 bits per heavy atom. The molecule has 1 aliphatic rings. The van der Waals surface area contributed by atoms with Gasteiger partial charge in [0, 0.05) is 19.2 Å². The molecule has 1 aromatic heterocycles. The number of benzene rings is 4. The number of aromatic nitrogens is 2. The van der Waals surface area contributed by atoms with Crippen LogP contribution < -0.4 is 9.80 Å². The summed E-state index contributed by atoms with van der Waals surface area (Å²) in [5.74, 6) is 0.595. The lowest BCUT2D eigenvalue weighted by atomic mass is 10.00. The Morgan fingerprint density at radius 2 is 1.64 bits per heavy atom. The summed E-state index contributed by atoms with van der Waals surface area (Å²) < 4.78 is 8.09. The minimum Gasteiger partial charge on any atom is -0.441 e. The fourth-order valence-electron chi connectivity index (χ4n) is 5.61. The van der Waals surface area contributed by atoms with E-state index in [9.17, 15) is 4.79 Å². The molecule has 0 atom stereocenters. The van der Waals surface area contributed by atoms with Gasteiger partial charge in [0.25, 0.3) is 0 Å². The highest BCUT2D eigenvalue weighted by Gasteiger charge is 2.29. The maximum Gasteiger partial charge on any atom is 0.340 e. The van der Waals surface area contributed by atoms with Crippen molar-refractivity contribution >= 4 is 28.4 Å². The number of nitrogens with zero attached hydrogens (tertiary/aromatic N) is 4. The van der Waals surface area contributed by atoms with Crippen LogP contribution in [0.4, 0.5) is 11.4 Å². The van der Waals surface area contributed by atoms with Crippen molar-refractivity contribution in [3.05, 3.63) is 102 Å². The second-order valence-corrected chi connectivity index (χ2v) is 10.1. The summed E-state index contributed by atoms with van der Waals surface area (Å²) in [5, 5.41) is 0. The maximum absolute atomic E-state index is 13.3. The summed E-state index contributed by atoms with van der Waals surface area (Å²) in [7, 11) is 2.06. The first-order valence-corrected chi connectivity index (χ1v) is 13.4. The average molecular weight is 517 g/mol. The molecule has 6 nitrogen and oxygen atoms in total. The van der Waals surface area contributed by atoms with Crippen LogP contribution in [0.25, 0.3) is 33.5 Å². The highest BCUT2D eigenvalue weighted by molar-refractivity contribution is 5.97. The molecule has 4 aromatic carbocycles. The van der Waals surface area contributed by atoms with Crippen molar-refractivity contribution in [2.24, 2.45) is 7.05 Å². The van der Waals surface area contributed by atoms with Crippen LogP contribution in [0.3, 0.4) is 0 Å². The van der Waals surface area contributed by atoms with Gasteiger partial charge in [-0.3, -0.25) is 0 Å². The van der Waals surface area contributed by atoms with Crippen LogP contribution >= 0.6 is 0 Å². The van der Waals surface area contributed by atoms with E-state index < -0.39 is 0 Å². The summed E-state index contributed by atoms with van der Waals surface area (Å²) in [5.41, 5.74) is 9.00. The zero-order valence-electron chi connectivity index (χ0n) is 22.6. The van der Waals surface area contributed by atoms with Crippen LogP contribution in [-0.2, 0) is 11.8 Å². The van der Waals surface area contributed by atoms with Crippen molar-refractivity contribution in [3.63, 3.8) is 0 Å². The zero-order valence-corrected chi connectivity index (χ0v) is 22.6. The molecule has 6 heteroatoms. The minimum absolute atomic E-state index is 0.167. The van der Waals surface area contributed by atoms with Crippen LogP contribution in [0, 0.1) is 6.92 Å². The molecule has 0 saturated carbocycles. The van der Waals surface area contributed by atoms with E-state index in [1.165, 1.54) is 11.3 Å². The number of hydrogen-bond acceptors (Lipinski definition) is 5. The Kier molecular flexibility index (Phi) is 6.53. The van der Waals surface area contributed by atoms with Crippen molar-refractivity contribution in [3.8, 4) is 22.5 Å². The topological polar surface area (TPSA) is 50.6 Å². The first-order chi connectivity index (χ1) is 19.0. The predicted octanol–water partition coefficient (Wildman–Crippen LogP) is 7.02. The normalized spacial score (nSPS) is 12.7. The summed E-state index contributed by atoms with van der Waals surface area (Å²) in [6, 6.07) is 30.2. The summed E-state index contributed by atoms with van der Waals surface area (Å²) >= 11 is 0. The minimum atomic E-state index is -0.326. The third-order valence-corrected chi connectivity index (χ3v) is 7.40. The third-order valence-electron chi connectivity index (χ3n) is 7.40. The first-order valence-electron chi connectivity index (χ1n) is 13.4. The number of ether oxygens (including phenoxy) is 1. The lowest BCUT2D eigenvalue weighted by Crippen LogP contribution is -2.33. The Labute approximate surface area is 229 Å². The molecule has 5 aromatic rings. The van der Waals surface area contributed by atoms with Gasteiger partial charge in [-0.25, -0.2) is 9.78 Å². The molecule has 0 bridgehead atoms. The Morgan fingerprint density at radius 1 is 0.897 bits per heavy atom. The molecule has 0 radical (unpaired) electrons. The molecule has 1 aliphatic heterocycles. The van der Waals surface area contributed by atoms with E-state index in [2.05, 4.69) is 53.5 Å².